The summed E-state index contributed by atoms with van der Waals surface area (Å²) >= 11 is 9.01. The Morgan fingerprint density at radius 2 is 1.50 bits per heavy atom. The average molecular weight is 902 g/mol. The smallest absolute Gasteiger partial charge is 0.490 e. The van der Waals surface area contributed by atoms with Crippen LogP contribution in [0.1, 0.15) is 36.1 Å². The molecule has 0 bridgehead atoms. The molecule has 1 atom stereocenters. The number of nitrogens with zero attached hydrogens (tertiary/aromatic N) is 5. The maximum atomic E-state index is 11.4. The highest BCUT2D eigenvalue weighted by molar-refractivity contribution is 7.98. The summed E-state index contributed by atoms with van der Waals surface area (Å²) in [5.41, 5.74) is 9.32. The summed E-state index contributed by atoms with van der Waals surface area (Å²) in [6, 6.07) is 18.7. The Balaban J connectivity index is 0.000000589. The molecule has 5 rings (SSSR count). The highest BCUT2D eigenvalue weighted by Gasteiger charge is 2.39. The normalized spacial score (nSPS) is 12.6. The van der Waals surface area contributed by atoms with E-state index in [9.17, 15) is 46.8 Å². The Morgan fingerprint density at radius 3 is 1.98 bits per heavy atom. The van der Waals surface area contributed by atoms with Crippen molar-refractivity contribution in [3.63, 3.8) is 0 Å². The molecule has 1 aliphatic rings. The van der Waals surface area contributed by atoms with Crippen molar-refractivity contribution in [2.24, 2.45) is 5.73 Å². The summed E-state index contributed by atoms with van der Waals surface area (Å²) in [6.45, 7) is 2.64. The van der Waals surface area contributed by atoms with Crippen LogP contribution in [0.5, 0.6) is 5.75 Å². The minimum Gasteiger partial charge on any atom is -0.492 e. The number of carboxylic acid groups (broad SMARTS) is 3. The second kappa shape index (κ2) is 22.6. The summed E-state index contributed by atoms with van der Waals surface area (Å²) in [4.78, 5) is 40.9. The number of hydrogen-bond acceptors (Lipinski definition) is 13. The number of aliphatic carboxylic acids is 3. The number of nitrogens with two attached hydrogens (primary N) is 1. The number of rotatable bonds is 15. The lowest BCUT2D eigenvalue weighted by molar-refractivity contribution is -0.193. The van der Waals surface area contributed by atoms with E-state index in [-0.39, 0.29) is 6.61 Å². The molecule has 0 saturated carbocycles. The predicted octanol–water partition coefficient (Wildman–Crippen LogP) is 7.20. The van der Waals surface area contributed by atoms with E-state index in [1.165, 1.54) is 11.8 Å². The van der Waals surface area contributed by atoms with Gasteiger partial charge in [0.05, 0.1) is 11.3 Å². The first-order valence-corrected chi connectivity index (χ1v) is 19.5. The summed E-state index contributed by atoms with van der Waals surface area (Å²) in [5, 5.41) is 51.3. The lowest BCUT2D eigenvalue weighted by atomic mass is 9.96. The van der Waals surface area contributed by atoms with Crippen LogP contribution in [-0.2, 0) is 20.1 Å². The SMILES string of the molecule is N#Cc1c(SCc2csc(-c3ccc(Cl)cc3)n2)nc(N2CCC2)c(C#N)c1-c1ccc(OCCN[C@@H](CCCN)C(=O)O)cc1.O=C(O)C(F)(F)F.O=C(O)C(F)(F)F. The number of ether oxygens (including phenoxy) is 1. The number of thioether (sulfide) groups is 1. The van der Waals surface area contributed by atoms with Gasteiger partial charge in [0.2, 0.25) is 0 Å². The van der Waals surface area contributed by atoms with E-state index in [0.717, 1.165) is 35.8 Å². The van der Waals surface area contributed by atoms with Crippen LogP contribution in [0.4, 0.5) is 32.2 Å². The Morgan fingerprint density at radius 1 is 0.933 bits per heavy atom. The molecule has 60 heavy (non-hydrogen) atoms. The van der Waals surface area contributed by atoms with Crippen molar-refractivity contribution < 1.29 is 60.8 Å². The summed E-state index contributed by atoms with van der Waals surface area (Å²) in [5.74, 6) is -4.75. The quantitative estimate of drug-likeness (QED) is 0.0451. The Hall–Kier alpha value is -5.65. The van der Waals surface area contributed by atoms with Gasteiger partial charge >= 0.3 is 30.3 Å². The molecule has 1 aliphatic heterocycles. The minimum absolute atomic E-state index is 0.268. The van der Waals surface area contributed by atoms with Crippen LogP contribution in [0.15, 0.2) is 58.9 Å². The van der Waals surface area contributed by atoms with Gasteiger partial charge in [-0.3, -0.25) is 4.79 Å². The van der Waals surface area contributed by atoms with E-state index in [1.54, 1.807) is 23.5 Å². The third kappa shape index (κ3) is 14.6. The van der Waals surface area contributed by atoms with E-state index in [2.05, 4.69) is 22.4 Å². The molecule has 320 valence electrons. The lowest BCUT2D eigenvalue weighted by Crippen LogP contribution is -2.39. The monoisotopic (exact) mass is 901 g/mol. The number of benzene rings is 2. The Labute approximate surface area is 351 Å². The van der Waals surface area contributed by atoms with Gasteiger partial charge in [-0.25, -0.2) is 19.6 Å². The first-order valence-electron chi connectivity index (χ1n) is 17.3. The molecule has 0 amide bonds. The van der Waals surface area contributed by atoms with Crippen molar-refractivity contribution in [3.05, 3.63) is 75.8 Å². The van der Waals surface area contributed by atoms with E-state index in [4.69, 9.17) is 51.8 Å². The maximum Gasteiger partial charge on any atom is 0.490 e. The van der Waals surface area contributed by atoms with Gasteiger partial charge < -0.3 is 36.0 Å². The molecule has 6 N–H and O–H groups in total. The number of nitrogens with one attached hydrogen (secondary N) is 1. The zero-order chi connectivity index (χ0) is 44.6. The summed E-state index contributed by atoms with van der Waals surface area (Å²) in [7, 11) is 0. The highest BCUT2D eigenvalue weighted by Crippen LogP contribution is 2.40. The van der Waals surface area contributed by atoms with Gasteiger partial charge in [-0.1, -0.05) is 47.6 Å². The fraction of sp³-hybridized carbons (Fsp3) is 0.324. The zero-order valence-corrected chi connectivity index (χ0v) is 33.3. The molecule has 1 fully saturated rings. The van der Waals surface area contributed by atoms with Crippen molar-refractivity contribution in [2.75, 3.05) is 37.7 Å². The molecule has 0 spiro atoms. The molecule has 0 unspecified atom stereocenters. The zero-order valence-electron chi connectivity index (χ0n) is 30.9. The second-order valence-corrected chi connectivity index (χ2v) is 14.4. The Kier molecular flexibility index (Phi) is 18.4. The van der Waals surface area contributed by atoms with Crippen molar-refractivity contribution in [3.8, 4) is 39.6 Å². The van der Waals surface area contributed by atoms with Crippen molar-refractivity contribution in [1.82, 2.24) is 15.3 Å². The number of halogens is 7. The van der Waals surface area contributed by atoms with Gasteiger partial charge in [0.25, 0.3) is 0 Å². The molecular formula is C37H34ClF6N7O7S2. The first kappa shape index (κ1) is 48.7. The number of nitriles is 2. The van der Waals surface area contributed by atoms with E-state index in [0.29, 0.717) is 75.6 Å². The van der Waals surface area contributed by atoms with Crippen LogP contribution in [0.25, 0.3) is 21.7 Å². The summed E-state index contributed by atoms with van der Waals surface area (Å²) < 4.78 is 69.3. The molecule has 4 aromatic rings. The largest absolute Gasteiger partial charge is 0.492 e. The number of hydrogen-bond donors (Lipinski definition) is 5. The second-order valence-electron chi connectivity index (χ2n) is 12.1. The fourth-order valence-corrected chi connectivity index (χ4v) is 6.84. The number of aromatic nitrogens is 2. The average Bonchev–Trinajstić information content (AvgIpc) is 3.65. The molecule has 2 aromatic heterocycles. The maximum absolute atomic E-state index is 11.4. The molecule has 14 nitrogen and oxygen atoms in total. The van der Waals surface area contributed by atoms with Gasteiger partial charge in [-0.2, -0.15) is 36.9 Å². The highest BCUT2D eigenvalue weighted by atomic mass is 35.5. The third-order valence-electron chi connectivity index (χ3n) is 7.91. The number of pyridine rings is 1. The van der Waals surface area contributed by atoms with Crippen molar-refractivity contribution in [2.45, 2.75) is 48.4 Å². The number of alkyl halides is 6. The topological polar surface area (TPSA) is 236 Å². The van der Waals surface area contributed by atoms with Crippen LogP contribution in [0, 0.1) is 22.7 Å². The Bertz CT molecular complexity index is 2150. The van der Waals surface area contributed by atoms with Gasteiger partial charge in [0.1, 0.15) is 52.0 Å². The number of carbonyl (C=O) groups is 3. The van der Waals surface area contributed by atoms with Gasteiger partial charge in [-0.15, -0.1) is 11.3 Å². The third-order valence-corrected chi connectivity index (χ3v) is 10.1. The molecular weight excluding hydrogens is 868 g/mol. The number of anilines is 1. The first-order chi connectivity index (χ1) is 28.3. The molecule has 0 aliphatic carbocycles. The molecule has 2 aromatic carbocycles. The number of thiazole rings is 1. The van der Waals surface area contributed by atoms with Crippen LogP contribution >= 0.6 is 34.7 Å². The molecule has 23 heteroatoms. The van der Waals surface area contributed by atoms with Crippen LogP contribution in [0.3, 0.4) is 0 Å². The lowest BCUT2D eigenvalue weighted by Gasteiger charge is -2.33. The molecule has 0 radical (unpaired) electrons. The molecule has 1 saturated heterocycles. The van der Waals surface area contributed by atoms with E-state index < -0.39 is 36.3 Å². The van der Waals surface area contributed by atoms with Gasteiger partial charge in [-0.05, 0) is 55.6 Å². The van der Waals surface area contributed by atoms with Crippen LogP contribution < -0.4 is 20.7 Å². The van der Waals surface area contributed by atoms with Gasteiger partial charge in [0, 0.05) is 46.9 Å². The van der Waals surface area contributed by atoms with Crippen molar-refractivity contribution >= 4 is 58.4 Å². The van der Waals surface area contributed by atoms with E-state index in [1.807, 2.05) is 41.8 Å². The standard InChI is InChI=1S/C33H32ClN7O3S2.2C2HF3O2/c34-23-8-4-22(5-9-23)31-39-24(19-45-31)20-46-32-27(18-37)29(26(17-36)30(40-32)41-14-2-15-41)21-6-10-25(11-7-21)44-16-13-38-28(33(42)43)3-1-12-35;2*3-2(4,5)1(6)7/h4-11,19,28,38H,1-3,12-16,20,35H2,(H,42,43);2*(H,6,7)/t28-;;/m0../s1. The van der Waals surface area contributed by atoms with Crippen LogP contribution in [0.2, 0.25) is 5.02 Å². The minimum atomic E-state index is -5.08. The van der Waals surface area contributed by atoms with Crippen molar-refractivity contribution in [1.29, 1.82) is 10.5 Å². The fourth-order valence-electron chi connectivity index (χ4n) is 4.91. The molecule has 3 heterocycles. The summed E-state index contributed by atoms with van der Waals surface area (Å²) in [6.07, 6.45) is -8.09. The number of carboxylic acids is 3. The van der Waals surface area contributed by atoms with Gasteiger partial charge in [0.15, 0.2) is 0 Å². The van der Waals surface area contributed by atoms with Crippen LogP contribution in [-0.4, -0.2) is 94.4 Å². The predicted molar refractivity (Wildman–Crippen MR) is 209 cm³/mol. The van der Waals surface area contributed by atoms with E-state index >= 15 is 0 Å².